The molecular weight excluding hydrogens is 530 g/mol. The summed E-state index contributed by atoms with van der Waals surface area (Å²) in [5, 5.41) is 10.7. The van der Waals surface area contributed by atoms with Crippen molar-refractivity contribution in [2.24, 2.45) is 0 Å². The van der Waals surface area contributed by atoms with Crippen molar-refractivity contribution in [3.05, 3.63) is 59.3 Å². The molecule has 1 saturated heterocycles. The van der Waals surface area contributed by atoms with Gasteiger partial charge in [-0.2, -0.15) is 0 Å². The second kappa shape index (κ2) is 11.8. The average molecular weight is 566 g/mol. The molecule has 2 aromatic carbocycles. The first kappa shape index (κ1) is 27.8. The highest BCUT2D eigenvalue weighted by molar-refractivity contribution is 7.89. The van der Waals surface area contributed by atoms with Gasteiger partial charge >= 0.3 is 0 Å². The summed E-state index contributed by atoms with van der Waals surface area (Å²) < 4.78 is 34.6. The van der Waals surface area contributed by atoms with Crippen molar-refractivity contribution >= 4 is 21.4 Å². The minimum absolute atomic E-state index is 0.0318. The van der Waals surface area contributed by atoms with Crippen LogP contribution in [-0.2, 0) is 16.4 Å². The zero-order valence-electron chi connectivity index (χ0n) is 22.4. The average Bonchev–Trinajstić information content (AvgIpc) is 3.55. The van der Waals surface area contributed by atoms with Crippen LogP contribution in [0.5, 0.6) is 5.75 Å². The third-order valence-electron chi connectivity index (χ3n) is 7.27. The smallest absolute Gasteiger partial charge is 0.213 e. The van der Waals surface area contributed by atoms with E-state index in [1.165, 1.54) is 5.56 Å². The monoisotopic (exact) mass is 565 g/mol. The number of hydrogen-bond donors (Lipinski definition) is 2. The highest BCUT2D eigenvalue weighted by Crippen LogP contribution is 2.41. The van der Waals surface area contributed by atoms with E-state index in [1.807, 2.05) is 55.3 Å². The Morgan fingerprint density at radius 2 is 2.13 bits per heavy atom. The predicted octanol–water partition coefficient (Wildman–Crippen LogP) is 4.61. The number of fused-ring (bicyclic) bond motifs is 1. The summed E-state index contributed by atoms with van der Waals surface area (Å²) in [7, 11) is -3.46. The third-order valence-corrected chi connectivity index (χ3v) is 9.71. The maximum Gasteiger partial charge on any atom is 0.213 e. The molecule has 2 aliphatic rings. The SMILES string of the molecule is C#Cc1cc(-c2ncc(-c3cccc4c3CC[C@@H]4NS(=O)(=O)CCN3CCC[C@H](O)C3)s2)ccc1OC(C)C. The Balaban J connectivity index is 1.31. The van der Waals surface area contributed by atoms with Crippen LogP contribution in [0.15, 0.2) is 42.6 Å². The number of thiazole rings is 1. The molecule has 1 aromatic heterocycles. The van der Waals surface area contributed by atoms with E-state index in [4.69, 9.17) is 11.2 Å². The largest absolute Gasteiger partial charge is 0.490 e. The maximum absolute atomic E-state index is 12.9. The normalized spacial score (nSPS) is 19.7. The van der Waals surface area contributed by atoms with Gasteiger partial charge in [-0.05, 0) is 81.0 Å². The summed E-state index contributed by atoms with van der Waals surface area (Å²) >= 11 is 1.60. The molecule has 0 spiro atoms. The van der Waals surface area contributed by atoms with Gasteiger partial charge in [0, 0.05) is 30.9 Å². The van der Waals surface area contributed by atoms with Crippen LogP contribution in [0.1, 0.15) is 55.8 Å². The molecule has 39 heavy (non-hydrogen) atoms. The molecule has 3 aromatic rings. The molecule has 7 nitrogen and oxygen atoms in total. The molecule has 0 amide bonds. The van der Waals surface area contributed by atoms with Crippen molar-refractivity contribution < 1.29 is 18.3 Å². The van der Waals surface area contributed by atoms with Crippen molar-refractivity contribution in [2.45, 2.75) is 57.8 Å². The Bertz CT molecular complexity index is 1480. The summed E-state index contributed by atoms with van der Waals surface area (Å²) in [6, 6.07) is 11.7. The number of nitrogens with one attached hydrogen (secondary N) is 1. The van der Waals surface area contributed by atoms with E-state index >= 15 is 0 Å². The number of nitrogens with zero attached hydrogens (tertiary/aromatic N) is 2. The first-order valence-corrected chi connectivity index (χ1v) is 16.0. The van der Waals surface area contributed by atoms with Gasteiger partial charge in [-0.1, -0.05) is 24.1 Å². The van der Waals surface area contributed by atoms with E-state index in [-0.39, 0.29) is 24.0 Å². The molecule has 2 N–H and O–H groups in total. The molecule has 1 aliphatic heterocycles. The standard InChI is InChI=1S/C30H35N3O4S2/c1-4-21-17-22(10-13-28(21)37-20(2)3)30-31-18-29(38-30)26-9-5-8-25-24(26)11-12-27(25)32-39(35,36)16-15-33-14-6-7-23(34)19-33/h1,5,8-10,13,17-18,20,23,27,32,34H,6-7,11-12,14-16,19H2,2-3H3/t23-,27-/m0/s1. The zero-order valence-corrected chi connectivity index (χ0v) is 24.0. The summed E-state index contributed by atoms with van der Waals surface area (Å²) in [5.41, 5.74) is 4.94. The molecule has 0 saturated carbocycles. The number of hydrogen-bond acceptors (Lipinski definition) is 7. The first-order valence-electron chi connectivity index (χ1n) is 13.5. The molecule has 206 valence electrons. The number of piperidine rings is 1. The van der Waals surface area contributed by atoms with Gasteiger partial charge in [0.2, 0.25) is 10.0 Å². The lowest BCUT2D eigenvalue weighted by Crippen LogP contribution is -2.42. The molecule has 0 unspecified atom stereocenters. The Morgan fingerprint density at radius 3 is 2.90 bits per heavy atom. The lowest BCUT2D eigenvalue weighted by Gasteiger charge is -2.29. The number of sulfonamides is 1. The Morgan fingerprint density at radius 1 is 1.28 bits per heavy atom. The van der Waals surface area contributed by atoms with E-state index < -0.39 is 10.0 Å². The highest BCUT2D eigenvalue weighted by Gasteiger charge is 2.29. The van der Waals surface area contributed by atoms with Crippen molar-refractivity contribution in [2.75, 3.05) is 25.4 Å². The second-order valence-corrected chi connectivity index (χ2v) is 13.5. The highest BCUT2D eigenvalue weighted by atomic mass is 32.2. The number of terminal acetylenes is 1. The molecular formula is C30H35N3O4S2. The molecule has 0 radical (unpaired) electrons. The summed E-state index contributed by atoms with van der Waals surface area (Å²) in [5.74, 6) is 3.44. The van der Waals surface area contributed by atoms with E-state index in [0.29, 0.717) is 24.4 Å². The van der Waals surface area contributed by atoms with E-state index in [2.05, 4.69) is 21.7 Å². The molecule has 5 rings (SSSR count). The van der Waals surface area contributed by atoms with Crippen molar-refractivity contribution in [3.8, 4) is 39.1 Å². The number of aliphatic hydroxyl groups is 1. The van der Waals surface area contributed by atoms with E-state index in [0.717, 1.165) is 58.8 Å². The van der Waals surface area contributed by atoms with Gasteiger partial charge in [-0.15, -0.1) is 17.8 Å². The number of aliphatic hydroxyl groups excluding tert-OH is 1. The minimum atomic E-state index is -3.46. The van der Waals surface area contributed by atoms with Crippen LogP contribution in [0.25, 0.3) is 21.0 Å². The lowest BCUT2D eigenvalue weighted by atomic mass is 10.0. The van der Waals surface area contributed by atoms with Crippen molar-refractivity contribution in [1.29, 1.82) is 0 Å². The van der Waals surface area contributed by atoms with Gasteiger partial charge < -0.3 is 9.84 Å². The lowest BCUT2D eigenvalue weighted by molar-refractivity contribution is 0.0740. The van der Waals surface area contributed by atoms with Crippen LogP contribution in [0.2, 0.25) is 0 Å². The fraction of sp³-hybridized carbons (Fsp3) is 0.433. The molecule has 2 atom stereocenters. The number of likely N-dealkylation sites (tertiary alicyclic amines) is 1. The number of β-amino-alcohol motifs (C(OH)–C–C–N with tert-alkyl or cyclic N) is 1. The minimum Gasteiger partial charge on any atom is -0.490 e. The molecule has 2 heterocycles. The van der Waals surface area contributed by atoms with E-state index in [1.54, 1.807) is 11.3 Å². The van der Waals surface area contributed by atoms with Gasteiger partial charge in [-0.25, -0.2) is 18.1 Å². The Hall–Kier alpha value is -2.74. The molecule has 9 heteroatoms. The Kier molecular flexibility index (Phi) is 8.40. The van der Waals surface area contributed by atoms with Crippen LogP contribution < -0.4 is 9.46 Å². The van der Waals surface area contributed by atoms with Gasteiger partial charge in [-0.3, -0.25) is 4.90 Å². The third kappa shape index (κ3) is 6.53. The van der Waals surface area contributed by atoms with Gasteiger partial charge in [0.15, 0.2) is 0 Å². The van der Waals surface area contributed by atoms with Crippen LogP contribution in [-0.4, -0.2) is 61.0 Å². The zero-order chi connectivity index (χ0) is 27.6. The topological polar surface area (TPSA) is 91.8 Å². The van der Waals surface area contributed by atoms with Gasteiger partial charge in [0.05, 0.1) is 28.4 Å². The Labute approximate surface area is 235 Å². The van der Waals surface area contributed by atoms with Gasteiger partial charge in [0.25, 0.3) is 0 Å². The molecule has 1 aliphatic carbocycles. The van der Waals surface area contributed by atoms with Crippen molar-refractivity contribution in [1.82, 2.24) is 14.6 Å². The predicted molar refractivity (Wildman–Crippen MR) is 156 cm³/mol. The quantitative estimate of drug-likeness (QED) is 0.368. The molecule has 1 fully saturated rings. The van der Waals surface area contributed by atoms with Crippen LogP contribution in [0, 0.1) is 12.3 Å². The van der Waals surface area contributed by atoms with E-state index in [9.17, 15) is 13.5 Å². The van der Waals surface area contributed by atoms with Crippen LogP contribution in [0.3, 0.4) is 0 Å². The fourth-order valence-corrected chi connectivity index (χ4v) is 7.69. The fourth-order valence-electron chi connectivity index (χ4n) is 5.43. The summed E-state index contributed by atoms with van der Waals surface area (Å²) in [4.78, 5) is 7.76. The van der Waals surface area contributed by atoms with Crippen molar-refractivity contribution in [3.63, 3.8) is 0 Å². The number of benzene rings is 2. The summed E-state index contributed by atoms with van der Waals surface area (Å²) in [6.45, 7) is 5.75. The second-order valence-electron chi connectivity index (χ2n) is 10.5. The van der Waals surface area contributed by atoms with Gasteiger partial charge in [0.1, 0.15) is 10.8 Å². The van der Waals surface area contributed by atoms with Crippen LogP contribution >= 0.6 is 11.3 Å². The molecule has 0 bridgehead atoms. The first-order chi connectivity index (χ1) is 18.7. The number of ether oxygens (including phenoxy) is 1. The number of rotatable bonds is 9. The van der Waals surface area contributed by atoms with Crippen LogP contribution in [0.4, 0.5) is 0 Å². The maximum atomic E-state index is 12.9. The number of aromatic nitrogens is 1. The summed E-state index contributed by atoms with van der Waals surface area (Å²) in [6.07, 6.45) is 10.5.